The molecule has 33 heavy (non-hydrogen) atoms. The van der Waals surface area contributed by atoms with Crippen LogP contribution in [0.3, 0.4) is 0 Å². The van der Waals surface area contributed by atoms with Crippen LogP contribution in [0.4, 0.5) is 0 Å². The summed E-state index contributed by atoms with van der Waals surface area (Å²) in [6.07, 6.45) is 6.97. The SMILES string of the molecule is CC(C)/C=C\CCNC(=O)c1cnc(OCC(O)CNC(C)(C)C)s1.O=C(O)/C=C\C(=O)O. The zero-order chi connectivity index (χ0) is 25.4. The first-order valence-electron chi connectivity index (χ1n) is 10.4. The highest BCUT2D eigenvalue weighted by Crippen LogP contribution is 2.20. The van der Waals surface area contributed by atoms with Crippen LogP contribution in [0, 0.1) is 5.92 Å². The van der Waals surface area contributed by atoms with Crippen molar-refractivity contribution in [3.8, 4) is 5.19 Å². The fourth-order valence-electron chi connectivity index (χ4n) is 1.95. The minimum Gasteiger partial charge on any atom is -0.478 e. The van der Waals surface area contributed by atoms with E-state index in [0.29, 0.717) is 41.2 Å². The van der Waals surface area contributed by atoms with Gasteiger partial charge >= 0.3 is 11.9 Å². The molecule has 0 aliphatic heterocycles. The minimum absolute atomic E-state index is 0.0578. The third-order valence-electron chi connectivity index (χ3n) is 3.46. The Labute approximate surface area is 198 Å². The second kappa shape index (κ2) is 15.9. The predicted octanol–water partition coefficient (Wildman–Crippen LogP) is 2.31. The average Bonchev–Trinajstić information content (AvgIpc) is 3.17. The highest BCUT2D eigenvalue weighted by Gasteiger charge is 2.15. The van der Waals surface area contributed by atoms with Crippen molar-refractivity contribution in [3.05, 3.63) is 35.4 Å². The number of carboxylic acid groups (broad SMARTS) is 2. The lowest BCUT2D eigenvalue weighted by Gasteiger charge is -2.22. The number of carboxylic acids is 2. The molecule has 1 heterocycles. The third kappa shape index (κ3) is 18.5. The summed E-state index contributed by atoms with van der Waals surface area (Å²) in [6, 6.07) is 0. The Balaban J connectivity index is 0.00000109. The molecule has 0 aromatic carbocycles. The Hall–Kier alpha value is -2.76. The fraction of sp³-hybridized carbons (Fsp3) is 0.545. The van der Waals surface area contributed by atoms with Crippen LogP contribution in [-0.2, 0) is 9.59 Å². The van der Waals surface area contributed by atoms with E-state index in [9.17, 15) is 19.5 Å². The lowest BCUT2D eigenvalue weighted by Crippen LogP contribution is -2.42. The number of β-amino-alcohol motifs (C(OH)–C–C–N with tert-alkyl or cyclic N) is 1. The van der Waals surface area contributed by atoms with Gasteiger partial charge in [-0.1, -0.05) is 37.3 Å². The van der Waals surface area contributed by atoms with Gasteiger partial charge in [0, 0.05) is 30.8 Å². The quantitative estimate of drug-likeness (QED) is 0.170. The number of nitrogens with one attached hydrogen (secondary N) is 2. The van der Waals surface area contributed by atoms with Gasteiger partial charge < -0.3 is 30.7 Å². The first-order chi connectivity index (χ1) is 15.3. The van der Waals surface area contributed by atoms with Crippen molar-refractivity contribution >= 4 is 29.2 Å². The summed E-state index contributed by atoms with van der Waals surface area (Å²) in [4.78, 5) is 35.7. The van der Waals surface area contributed by atoms with Gasteiger partial charge in [0.2, 0.25) is 0 Å². The second-order valence-corrected chi connectivity index (χ2v) is 9.31. The standard InChI is InChI=1S/C18H31N3O3S.C4H4O4/c1-13(2)8-6-7-9-19-16(23)15-11-20-17(25-15)24-12-14(22)10-21-18(3,4)5;5-3(6)1-2-4(7)8/h6,8,11,13-14,21-22H,7,9-10,12H2,1-5H3,(H,19,23);1-2H,(H,5,6)(H,7,8)/b8-6-;2-1-. The van der Waals surface area contributed by atoms with Crippen LogP contribution in [0.15, 0.2) is 30.5 Å². The minimum atomic E-state index is -1.26. The van der Waals surface area contributed by atoms with E-state index in [1.165, 1.54) is 17.5 Å². The van der Waals surface area contributed by atoms with Crippen LogP contribution in [0.1, 0.15) is 50.7 Å². The van der Waals surface area contributed by atoms with Crippen molar-refractivity contribution in [1.82, 2.24) is 15.6 Å². The summed E-state index contributed by atoms with van der Waals surface area (Å²) in [5.41, 5.74) is -0.0578. The number of hydrogen-bond donors (Lipinski definition) is 5. The summed E-state index contributed by atoms with van der Waals surface area (Å²) in [5.74, 6) is -2.15. The number of ether oxygens (including phenoxy) is 1. The largest absolute Gasteiger partial charge is 0.478 e. The van der Waals surface area contributed by atoms with E-state index in [4.69, 9.17) is 14.9 Å². The molecule has 0 fully saturated rings. The van der Waals surface area contributed by atoms with Crippen LogP contribution in [0.25, 0.3) is 0 Å². The van der Waals surface area contributed by atoms with E-state index < -0.39 is 18.0 Å². The number of carbonyl (C=O) groups excluding carboxylic acids is 1. The maximum absolute atomic E-state index is 12.0. The smallest absolute Gasteiger partial charge is 0.328 e. The second-order valence-electron chi connectivity index (χ2n) is 8.31. The van der Waals surface area contributed by atoms with E-state index in [1.807, 2.05) is 20.8 Å². The molecule has 1 atom stereocenters. The molecule has 5 N–H and O–H groups in total. The lowest BCUT2D eigenvalue weighted by molar-refractivity contribution is -0.134. The van der Waals surface area contributed by atoms with Gasteiger partial charge in [-0.25, -0.2) is 14.6 Å². The molecule has 1 amide bonds. The van der Waals surface area contributed by atoms with Gasteiger partial charge in [-0.3, -0.25) is 4.79 Å². The number of amides is 1. The highest BCUT2D eigenvalue weighted by molar-refractivity contribution is 7.15. The molecule has 10 nitrogen and oxygen atoms in total. The number of nitrogens with zero attached hydrogens (tertiary/aromatic N) is 1. The molecule has 186 valence electrons. The van der Waals surface area contributed by atoms with Crippen LogP contribution >= 0.6 is 11.3 Å². The maximum atomic E-state index is 12.0. The number of rotatable bonds is 12. The summed E-state index contributed by atoms with van der Waals surface area (Å²) in [5, 5.41) is 32.0. The molecule has 0 bridgehead atoms. The van der Waals surface area contributed by atoms with Crippen molar-refractivity contribution in [3.63, 3.8) is 0 Å². The normalized spacial score (nSPS) is 12.5. The summed E-state index contributed by atoms with van der Waals surface area (Å²) < 4.78 is 5.46. The monoisotopic (exact) mass is 485 g/mol. The van der Waals surface area contributed by atoms with Crippen molar-refractivity contribution in [2.24, 2.45) is 5.92 Å². The van der Waals surface area contributed by atoms with Gasteiger partial charge in [0.1, 0.15) is 17.6 Å². The zero-order valence-electron chi connectivity index (χ0n) is 19.7. The molecule has 1 aromatic heterocycles. The highest BCUT2D eigenvalue weighted by atomic mass is 32.1. The number of allylic oxidation sites excluding steroid dienone is 1. The van der Waals surface area contributed by atoms with Crippen molar-refractivity contribution in [2.45, 2.75) is 52.7 Å². The number of aliphatic carboxylic acids is 2. The fourth-order valence-corrected chi connectivity index (χ4v) is 2.64. The van der Waals surface area contributed by atoms with Gasteiger partial charge in [0.25, 0.3) is 11.1 Å². The summed E-state index contributed by atoms with van der Waals surface area (Å²) in [7, 11) is 0. The molecule has 0 saturated heterocycles. The molecule has 0 radical (unpaired) electrons. The van der Waals surface area contributed by atoms with Crippen molar-refractivity contribution < 1.29 is 34.4 Å². The van der Waals surface area contributed by atoms with E-state index in [2.05, 4.69) is 41.6 Å². The van der Waals surface area contributed by atoms with Crippen LogP contribution in [0.5, 0.6) is 5.19 Å². The van der Waals surface area contributed by atoms with E-state index in [1.54, 1.807) is 0 Å². The Morgan fingerprint density at radius 2 is 1.79 bits per heavy atom. The third-order valence-corrected chi connectivity index (χ3v) is 4.37. The molecular formula is C22H35N3O7S. The molecule has 1 rings (SSSR count). The van der Waals surface area contributed by atoms with E-state index in [0.717, 1.165) is 6.42 Å². The molecule has 0 spiro atoms. The topological polar surface area (TPSA) is 158 Å². The molecular weight excluding hydrogens is 450 g/mol. The number of thiazole rings is 1. The first-order valence-corrected chi connectivity index (χ1v) is 11.2. The molecule has 0 aliphatic rings. The van der Waals surface area contributed by atoms with Gasteiger partial charge in [-0.15, -0.1) is 0 Å². The molecule has 0 saturated carbocycles. The van der Waals surface area contributed by atoms with Crippen LogP contribution in [0.2, 0.25) is 0 Å². The van der Waals surface area contributed by atoms with Gasteiger partial charge in [-0.2, -0.15) is 0 Å². The Morgan fingerprint density at radius 1 is 1.18 bits per heavy atom. The number of aliphatic hydroxyl groups excluding tert-OH is 1. The zero-order valence-corrected chi connectivity index (χ0v) is 20.5. The Bertz CT molecular complexity index is 782. The number of carbonyl (C=O) groups is 3. The molecule has 1 aromatic rings. The Kier molecular flexibility index (Phi) is 14.6. The predicted molar refractivity (Wildman–Crippen MR) is 127 cm³/mol. The van der Waals surface area contributed by atoms with Crippen molar-refractivity contribution in [2.75, 3.05) is 19.7 Å². The van der Waals surface area contributed by atoms with Gasteiger partial charge in [0.15, 0.2) is 0 Å². The van der Waals surface area contributed by atoms with Gasteiger partial charge in [0.05, 0.1) is 6.20 Å². The number of aliphatic hydroxyl groups is 1. The maximum Gasteiger partial charge on any atom is 0.328 e. The molecule has 11 heteroatoms. The van der Waals surface area contributed by atoms with Crippen molar-refractivity contribution in [1.29, 1.82) is 0 Å². The van der Waals surface area contributed by atoms with E-state index >= 15 is 0 Å². The van der Waals surface area contributed by atoms with Crippen LogP contribution < -0.4 is 15.4 Å². The first kappa shape index (κ1) is 30.2. The number of aromatic nitrogens is 1. The molecule has 1 unspecified atom stereocenters. The lowest BCUT2D eigenvalue weighted by atomic mass is 10.1. The molecule has 0 aliphatic carbocycles. The number of hydrogen-bond acceptors (Lipinski definition) is 8. The van der Waals surface area contributed by atoms with Crippen LogP contribution in [-0.4, -0.2) is 69.5 Å². The Morgan fingerprint density at radius 3 is 2.30 bits per heavy atom. The van der Waals surface area contributed by atoms with E-state index in [-0.39, 0.29) is 18.1 Å². The summed E-state index contributed by atoms with van der Waals surface area (Å²) in [6.45, 7) is 11.5. The average molecular weight is 486 g/mol. The van der Waals surface area contributed by atoms with Gasteiger partial charge in [-0.05, 0) is 33.1 Å². The summed E-state index contributed by atoms with van der Waals surface area (Å²) >= 11 is 1.18.